The van der Waals surface area contributed by atoms with Crippen molar-refractivity contribution in [2.45, 2.75) is 69.4 Å². The molecule has 3 amide bonds. The molecule has 5 nitrogen and oxygen atoms in total. The third kappa shape index (κ3) is 3.47. The lowest BCUT2D eigenvalue weighted by Gasteiger charge is -2.35. The first-order valence-electron chi connectivity index (χ1n) is 9.53. The largest absolute Gasteiger partial charge is 0.388 e. The minimum Gasteiger partial charge on any atom is -0.388 e. The van der Waals surface area contributed by atoms with Crippen LogP contribution >= 0.6 is 0 Å². The fraction of sp³-hybridized carbons (Fsp3) is 0.600. The van der Waals surface area contributed by atoms with Crippen LogP contribution in [-0.2, 0) is 10.3 Å². The van der Waals surface area contributed by atoms with Crippen molar-refractivity contribution in [1.29, 1.82) is 0 Å². The van der Waals surface area contributed by atoms with E-state index in [0.29, 0.717) is 24.8 Å². The van der Waals surface area contributed by atoms with E-state index in [9.17, 15) is 19.1 Å². The molecular weight excluding hydrogens is 335 g/mol. The lowest BCUT2D eigenvalue weighted by atomic mass is 9.83. The highest BCUT2D eigenvalue weighted by Crippen LogP contribution is 2.37. The minimum atomic E-state index is -1.17. The molecule has 1 heterocycles. The highest BCUT2D eigenvalue weighted by molar-refractivity contribution is 6.07. The number of carbonyl (C=O) groups excluding carboxylic acids is 2. The molecule has 1 atom stereocenters. The summed E-state index contributed by atoms with van der Waals surface area (Å²) in [5, 5.41) is 13.6. The Labute approximate surface area is 153 Å². The van der Waals surface area contributed by atoms with Crippen LogP contribution in [0.15, 0.2) is 24.3 Å². The number of halogens is 1. The molecule has 0 aromatic heterocycles. The SMILES string of the molecule is CCCC[C@]1(c2ccc(F)cc2)NC(=O)N(CC2(O)CCCCC2)C1=O. The van der Waals surface area contributed by atoms with Crippen molar-refractivity contribution in [2.24, 2.45) is 0 Å². The molecule has 1 saturated heterocycles. The van der Waals surface area contributed by atoms with Crippen LogP contribution in [-0.4, -0.2) is 34.1 Å². The molecule has 0 bridgehead atoms. The summed E-state index contributed by atoms with van der Waals surface area (Å²) in [4.78, 5) is 27.1. The minimum absolute atomic E-state index is 0.0206. The van der Waals surface area contributed by atoms with Crippen molar-refractivity contribution < 1.29 is 19.1 Å². The van der Waals surface area contributed by atoms with Gasteiger partial charge in [-0.3, -0.25) is 9.69 Å². The van der Waals surface area contributed by atoms with E-state index < -0.39 is 17.2 Å². The van der Waals surface area contributed by atoms with E-state index in [1.54, 1.807) is 12.1 Å². The normalized spacial score (nSPS) is 25.4. The van der Waals surface area contributed by atoms with Gasteiger partial charge in [0.25, 0.3) is 5.91 Å². The van der Waals surface area contributed by atoms with Crippen molar-refractivity contribution >= 4 is 11.9 Å². The van der Waals surface area contributed by atoms with Gasteiger partial charge >= 0.3 is 6.03 Å². The highest BCUT2D eigenvalue weighted by Gasteiger charge is 2.53. The molecule has 26 heavy (non-hydrogen) atoms. The summed E-state index contributed by atoms with van der Waals surface area (Å²) in [6.07, 6.45) is 6.15. The van der Waals surface area contributed by atoms with Crippen LogP contribution in [0.5, 0.6) is 0 Å². The number of unbranched alkanes of at least 4 members (excludes halogenated alkanes) is 1. The lowest BCUT2D eigenvalue weighted by molar-refractivity contribution is -0.135. The predicted molar refractivity (Wildman–Crippen MR) is 95.9 cm³/mol. The number of hydrogen-bond acceptors (Lipinski definition) is 3. The first-order valence-corrected chi connectivity index (χ1v) is 9.53. The average molecular weight is 362 g/mol. The Kier molecular flexibility index (Phi) is 5.32. The van der Waals surface area contributed by atoms with E-state index in [0.717, 1.165) is 37.0 Å². The Balaban J connectivity index is 1.89. The zero-order chi connectivity index (χ0) is 18.8. The number of aliphatic hydroxyl groups is 1. The first kappa shape index (κ1) is 18.8. The van der Waals surface area contributed by atoms with Gasteiger partial charge in [0.2, 0.25) is 0 Å². The number of amides is 3. The second-order valence-electron chi connectivity index (χ2n) is 7.62. The quantitative estimate of drug-likeness (QED) is 0.762. The number of nitrogens with one attached hydrogen (secondary N) is 1. The van der Waals surface area contributed by atoms with Crippen LogP contribution in [0, 0.1) is 5.82 Å². The van der Waals surface area contributed by atoms with Gasteiger partial charge < -0.3 is 10.4 Å². The van der Waals surface area contributed by atoms with Crippen LogP contribution in [0.2, 0.25) is 0 Å². The van der Waals surface area contributed by atoms with E-state index in [2.05, 4.69) is 5.32 Å². The van der Waals surface area contributed by atoms with Gasteiger partial charge in [-0.1, -0.05) is 51.2 Å². The number of benzene rings is 1. The second kappa shape index (κ2) is 7.35. The van der Waals surface area contributed by atoms with Crippen LogP contribution in [0.1, 0.15) is 63.9 Å². The van der Waals surface area contributed by atoms with Crippen molar-refractivity contribution in [3.63, 3.8) is 0 Å². The smallest absolute Gasteiger partial charge is 0.325 e. The molecule has 3 rings (SSSR count). The molecule has 142 valence electrons. The zero-order valence-corrected chi connectivity index (χ0v) is 15.3. The number of β-amino-alcohol motifs (C(OH)–C–C–N with tert-alkyl or cyclic N) is 1. The molecule has 0 unspecified atom stereocenters. The number of nitrogens with zero attached hydrogens (tertiary/aromatic N) is 1. The summed E-state index contributed by atoms with van der Waals surface area (Å²) < 4.78 is 13.3. The second-order valence-corrected chi connectivity index (χ2v) is 7.62. The lowest BCUT2D eigenvalue weighted by Crippen LogP contribution is -2.48. The van der Waals surface area contributed by atoms with E-state index in [1.165, 1.54) is 12.1 Å². The van der Waals surface area contributed by atoms with E-state index >= 15 is 0 Å². The number of carbonyl (C=O) groups is 2. The maximum absolute atomic E-state index is 13.3. The summed E-state index contributed by atoms with van der Waals surface area (Å²) >= 11 is 0. The summed E-state index contributed by atoms with van der Waals surface area (Å²) in [5.74, 6) is -0.730. The third-order valence-electron chi connectivity index (χ3n) is 5.65. The molecule has 1 aromatic carbocycles. The monoisotopic (exact) mass is 362 g/mol. The van der Waals surface area contributed by atoms with Gasteiger partial charge in [0.05, 0.1) is 12.1 Å². The van der Waals surface area contributed by atoms with Crippen molar-refractivity contribution in [3.8, 4) is 0 Å². The molecule has 2 N–H and O–H groups in total. The summed E-state index contributed by atoms with van der Waals surface area (Å²) in [5.41, 5.74) is -1.59. The van der Waals surface area contributed by atoms with Crippen LogP contribution in [0.4, 0.5) is 9.18 Å². The molecule has 0 spiro atoms. The molecule has 2 aliphatic rings. The van der Waals surface area contributed by atoms with Gasteiger partial charge in [-0.2, -0.15) is 0 Å². The Morgan fingerprint density at radius 3 is 2.42 bits per heavy atom. The van der Waals surface area contributed by atoms with Gasteiger partial charge in [-0.15, -0.1) is 0 Å². The molecule has 6 heteroatoms. The fourth-order valence-electron chi connectivity index (χ4n) is 4.12. The molecular formula is C20H27FN2O3. The number of rotatable bonds is 6. The van der Waals surface area contributed by atoms with Gasteiger partial charge in [0.15, 0.2) is 0 Å². The topological polar surface area (TPSA) is 69.6 Å². The number of urea groups is 1. The van der Waals surface area contributed by atoms with Crippen molar-refractivity contribution in [2.75, 3.05) is 6.54 Å². The Hall–Kier alpha value is -1.95. The van der Waals surface area contributed by atoms with E-state index in [1.807, 2.05) is 6.92 Å². The van der Waals surface area contributed by atoms with Crippen molar-refractivity contribution in [1.82, 2.24) is 10.2 Å². The Morgan fingerprint density at radius 2 is 1.81 bits per heavy atom. The van der Waals surface area contributed by atoms with Crippen LogP contribution < -0.4 is 5.32 Å². The zero-order valence-electron chi connectivity index (χ0n) is 15.3. The maximum Gasteiger partial charge on any atom is 0.325 e. The van der Waals surface area contributed by atoms with Crippen LogP contribution in [0.25, 0.3) is 0 Å². The van der Waals surface area contributed by atoms with Gasteiger partial charge in [0.1, 0.15) is 11.4 Å². The van der Waals surface area contributed by atoms with E-state index in [-0.39, 0.29) is 18.3 Å². The van der Waals surface area contributed by atoms with Gasteiger partial charge in [0, 0.05) is 0 Å². The molecule has 1 saturated carbocycles. The molecule has 2 fully saturated rings. The fourth-order valence-corrected chi connectivity index (χ4v) is 4.12. The molecule has 1 aliphatic carbocycles. The predicted octanol–water partition coefficient (Wildman–Crippen LogP) is 3.46. The van der Waals surface area contributed by atoms with Gasteiger partial charge in [-0.05, 0) is 37.0 Å². The van der Waals surface area contributed by atoms with E-state index in [4.69, 9.17) is 0 Å². The number of imide groups is 1. The average Bonchev–Trinajstić information content (AvgIpc) is 2.86. The third-order valence-corrected chi connectivity index (χ3v) is 5.65. The molecule has 1 aromatic rings. The molecule has 1 aliphatic heterocycles. The summed E-state index contributed by atoms with van der Waals surface area (Å²) in [6.45, 7) is 2.04. The van der Waals surface area contributed by atoms with Crippen LogP contribution in [0.3, 0.4) is 0 Å². The Bertz CT molecular complexity index is 670. The summed E-state index contributed by atoms with van der Waals surface area (Å²) in [7, 11) is 0. The maximum atomic E-state index is 13.3. The molecule has 0 radical (unpaired) electrons. The first-order chi connectivity index (χ1) is 12.4. The number of hydrogen-bond donors (Lipinski definition) is 2. The standard InChI is InChI=1S/C20H27FN2O3/c1-2-3-13-20(15-7-9-16(21)10-8-15)17(24)23(18(25)22-20)14-19(26)11-5-4-6-12-19/h7-10,26H,2-6,11-14H2,1H3,(H,22,25)/t20-/m1/s1. The van der Waals surface area contributed by atoms with Crippen molar-refractivity contribution in [3.05, 3.63) is 35.6 Å². The highest BCUT2D eigenvalue weighted by atomic mass is 19.1. The Morgan fingerprint density at radius 1 is 1.15 bits per heavy atom. The summed E-state index contributed by atoms with van der Waals surface area (Å²) in [6, 6.07) is 5.25. The van der Waals surface area contributed by atoms with Gasteiger partial charge in [-0.25, -0.2) is 9.18 Å².